The summed E-state index contributed by atoms with van der Waals surface area (Å²) in [6, 6.07) is 2.45. The van der Waals surface area contributed by atoms with Crippen LogP contribution in [0.5, 0.6) is 0 Å². The van der Waals surface area contributed by atoms with Gasteiger partial charge < -0.3 is 9.32 Å². The fourth-order valence-electron chi connectivity index (χ4n) is 4.86. The van der Waals surface area contributed by atoms with Gasteiger partial charge in [0, 0.05) is 28.6 Å². The van der Waals surface area contributed by atoms with Crippen molar-refractivity contribution in [1.82, 2.24) is 24.8 Å². The van der Waals surface area contributed by atoms with E-state index >= 15 is 0 Å². The Labute approximate surface area is 216 Å². The number of nitrogens with zero attached hydrogens (tertiary/aromatic N) is 5. The first-order chi connectivity index (χ1) is 17.9. The summed E-state index contributed by atoms with van der Waals surface area (Å²) in [5.74, 6) is 0.991. The van der Waals surface area contributed by atoms with Gasteiger partial charge in [-0.3, -0.25) is 9.58 Å². The normalized spacial score (nSPS) is 18.2. The average molecular weight is 532 g/mol. The van der Waals surface area contributed by atoms with Crippen LogP contribution in [-0.2, 0) is 23.9 Å². The van der Waals surface area contributed by atoms with Crippen LogP contribution in [0.1, 0.15) is 60.7 Å². The second kappa shape index (κ2) is 10.7. The monoisotopic (exact) mass is 531 g/mol. The minimum atomic E-state index is -4.51. The smallest absolute Gasteiger partial charge is 0.356 e. The number of thiazole rings is 1. The molecule has 1 aliphatic carbocycles. The molecule has 5 rings (SSSR count). The summed E-state index contributed by atoms with van der Waals surface area (Å²) in [5, 5.41) is 11.0. The van der Waals surface area contributed by atoms with E-state index < -0.39 is 17.9 Å². The van der Waals surface area contributed by atoms with Gasteiger partial charge in [0.25, 0.3) is 0 Å². The number of carbonyl (C=O) groups is 1. The van der Waals surface area contributed by atoms with Gasteiger partial charge in [0.15, 0.2) is 11.5 Å². The highest BCUT2D eigenvalue weighted by molar-refractivity contribution is 7.10. The number of hydrogen-bond acceptors (Lipinski definition) is 7. The SMILES string of the molecule is CCc1cc(C(F)(F)F)nn1CC(C=O)N1CCC(c2nc(-c3cc(C4=CCCC=C4)on3)cs2)CC1. The molecule has 196 valence electrons. The summed E-state index contributed by atoms with van der Waals surface area (Å²) >= 11 is 1.59. The maximum absolute atomic E-state index is 13.1. The Bertz CT molecular complexity index is 1300. The van der Waals surface area contributed by atoms with E-state index in [1.807, 2.05) is 22.4 Å². The molecule has 0 aromatic carbocycles. The lowest BCUT2D eigenvalue weighted by Gasteiger charge is -2.34. The first-order valence-electron chi connectivity index (χ1n) is 12.5. The van der Waals surface area contributed by atoms with Crippen molar-refractivity contribution >= 4 is 23.2 Å². The molecule has 0 amide bonds. The number of likely N-dealkylation sites (tertiary alicyclic amines) is 1. The van der Waals surface area contributed by atoms with Gasteiger partial charge in [-0.2, -0.15) is 18.3 Å². The molecule has 3 aromatic heterocycles. The zero-order valence-corrected chi connectivity index (χ0v) is 21.3. The third kappa shape index (κ3) is 5.62. The molecular formula is C26H28F3N5O2S. The van der Waals surface area contributed by atoms with Crippen LogP contribution < -0.4 is 0 Å². The van der Waals surface area contributed by atoms with E-state index in [0.717, 1.165) is 60.1 Å². The second-order valence-corrected chi connectivity index (χ2v) is 10.2. The van der Waals surface area contributed by atoms with Gasteiger partial charge in [-0.1, -0.05) is 30.3 Å². The van der Waals surface area contributed by atoms with E-state index in [4.69, 9.17) is 9.51 Å². The van der Waals surface area contributed by atoms with Crippen LogP contribution in [0.2, 0.25) is 0 Å². The van der Waals surface area contributed by atoms with Crippen LogP contribution in [0.15, 0.2) is 40.3 Å². The molecule has 1 fully saturated rings. The molecule has 0 bridgehead atoms. The first-order valence-corrected chi connectivity index (χ1v) is 13.4. The molecule has 1 saturated heterocycles. The Hall–Kier alpha value is -3.05. The molecule has 3 aromatic rings. The van der Waals surface area contributed by atoms with E-state index in [1.165, 1.54) is 4.68 Å². The van der Waals surface area contributed by atoms with Gasteiger partial charge in [-0.05, 0) is 51.3 Å². The van der Waals surface area contributed by atoms with Crippen LogP contribution in [0.4, 0.5) is 13.2 Å². The van der Waals surface area contributed by atoms with Gasteiger partial charge >= 0.3 is 6.18 Å². The van der Waals surface area contributed by atoms with Crippen LogP contribution in [0.3, 0.4) is 0 Å². The van der Waals surface area contributed by atoms with E-state index in [2.05, 4.69) is 22.4 Å². The Kier molecular flexibility index (Phi) is 7.43. The number of aromatic nitrogens is 4. The molecule has 37 heavy (non-hydrogen) atoms. The molecule has 4 heterocycles. The quantitative estimate of drug-likeness (QED) is 0.344. The zero-order valence-electron chi connectivity index (χ0n) is 20.4. The van der Waals surface area contributed by atoms with Gasteiger partial charge in [-0.15, -0.1) is 11.3 Å². The van der Waals surface area contributed by atoms with Crippen LogP contribution in [0.25, 0.3) is 17.0 Å². The van der Waals surface area contributed by atoms with Gasteiger partial charge in [0.1, 0.15) is 17.7 Å². The van der Waals surface area contributed by atoms with Crippen molar-refractivity contribution in [1.29, 1.82) is 0 Å². The second-order valence-electron chi connectivity index (χ2n) is 9.35. The number of piperidine rings is 1. The minimum absolute atomic E-state index is 0.106. The molecule has 0 radical (unpaired) electrons. The predicted octanol–water partition coefficient (Wildman–Crippen LogP) is 5.76. The van der Waals surface area contributed by atoms with Crippen molar-refractivity contribution < 1.29 is 22.5 Å². The third-order valence-corrected chi connectivity index (χ3v) is 7.96. The maximum Gasteiger partial charge on any atom is 0.435 e. The Balaban J connectivity index is 1.21. The summed E-state index contributed by atoms with van der Waals surface area (Å²) in [5.41, 5.74) is 2.08. The molecule has 2 aliphatic rings. The van der Waals surface area contributed by atoms with E-state index in [9.17, 15) is 18.0 Å². The fourth-order valence-corrected chi connectivity index (χ4v) is 5.84. The zero-order chi connectivity index (χ0) is 26.0. The molecule has 1 aliphatic heterocycles. The van der Waals surface area contributed by atoms with Crippen LogP contribution >= 0.6 is 11.3 Å². The standard InChI is InChI=1S/C26H28F3N5O2S/c1-2-19-12-24(26(27,28)29)31-34(19)14-20(15-35)33-10-8-18(9-11-33)25-30-22(16-37-25)21-13-23(36-32-21)17-6-4-3-5-7-17/h4,6-7,12-13,15-16,18,20H,2-3,5,8-11,14H2,1H3. The highest BCUT2D eigenvalue weighted by Gasteiger charge is 2.35. The number of hydrogen-bond donors (Lipinski definition) is 0. The van der Waals surface area contributed by atoms with Crippen molar-refractivity contribution in [3.05, 3.63) is 57.9 Å². The third-order valence-electron chi connectivity index (χ3n) is 6.95. The van der Waals surface area contributed by atoms with Crippen LogP contribution in [-0.4, -0.2) is 50.2 Å². The summed E-state index contributed by atoms with van der Waals surface area (Å²) < 4.78 is 46.2. The van der Waals surface area contributed by atoms with E-state index in [-0.39, 0.29) is 12.5 Å². The molecule has 7 nitrogen and oxygen atoms in total. The number of allylic oxidation sites excluding steroid dienone is 4. The summed E-state index contributed by atoms with van der Waals surface area (Å²) in [6.45, 7) is 3.20. The summed E-state index contributed by atoms with van der Waals surface area (Å²) in [4.78, 5) is 18.7. The largest absolute Gasteiger partial charge is 0.435 e. The predicted molar refractivity (Wildman–Crippen MR) is 134 cm³/mol. The van der Waals surface area contributed by atoms with Gasteiger partial charge in [0.2, 0.25) is 0 Å². The molecule has 1 unspecified atom stereocenters. The highest BCUT2D eigenvalue weighted by atomic mass is 32.1. The first kappa shape index (κ1) is 25.6. The molecule has 0 saturated carbocycles. The van der Waals surface area contributed by atoms with Crippen LogP contribution in [0, 0.1) is 0 Å². The number of rotatable bonds is 8. The molecule has 11 heteroatoms. The number of alkyl halides is 3. The number of aldehydes is 1. The lowest BCUT2D eigenvalue weighted by atomic mass is 9.96. The maximum atomic E-state index is 13.1. The summed E-state index contributed by atoms with van der Waals surface area (Å²) in [6.07, 6.45) is 6.68. The number of halogens is 3. The van der Waals surface area contributed by atoms with Crippen molar-refractivity contribution in [3.8, 4) is 11.4 Å². The van der Waals surface area contributed by atoms with E-state index in [0.29, 0.717) is 30.9 Å². The van der Waals surface area contributed by atoms with Crippen molar-refractivity contribution in [3.63, 3.8) is 0 Å². The lowest BCUT2D eigenvalue weighted by molar-refractivity contribution is -0.141. The minimum Gasteiger partial charge on any atom is -0.356 e. The fraction of sp³-hybridized carbons (Fsp3) is 0.462. The Morgan fingerprint density at radius 3 is 2.70 bits per heavy atom. The van der Waals surface area contributed by atoms with E-state index in [1.54, 1.807) is 18.3 Å². The Morgan fingerprint density at radius 2 is 2.03 bits per heavy atom. The lowest BCUT2D eigenvalue weighted by Crippen LogP contribution is -2.44. The van der Waals surface area contributed by atoms with Crippen molar-refractivity contribution in [2.75, 3.05) is 13.1 Å². The molecule has 0 N–H and O–H groups in total. The summed E-state index contributed by atoms with van der Waals surface area (Å²) in [7, 11) is 0. The van der Waals surface area contributed by atoms with Crippen molar-refractivity contribution in [2.24, 2.45) is 0 Å². The topological polar surface area (TPSA) is 77.0 Å². The van der Waals surface area contributed by atoms with Gasteiger partial charge in [0.05, 0.1) is 17.6 Å². The molecular weight excluding hydrogens is 503 g/mol. The molecule has 0 spiro atoms. The molecule has 1 atom stereocenters. The number of aryl methyl sites for hydroxylation is 1. The van der Waals surface area contributed by atoms with Crippen molar-refractivity contribution in [2.45, 2.75) is 63.7 Å². The number of carbonyl (C=O) groups excluding carboxylic acids is 1. The average Bonchev–Trinajstić information content (AvgIpc) is 3.67. The highest BCUT2D eigenvalue weighted by Crippen LogP contribution is 2.34. The Morgan fingerprint density at radius 1 is 1.22 bits per heavy atom. The van der Waals surface area contributed by atoms with Gasteiger partial charge in [-0.25, -0.2) is 4.98 Å².